The van der Waals surface area contributed by atoms with Crippen molar-refractivity contribution in [1.82, 2.24) is 5.32 Å². The molecule has 0 radical (unpaired) electrons. The minimum Gasteiger partial charge on any atom is -0.490 e. The van der Waals surface area contributed by atoms with Crippen LogP contribution in [-0.2, 0) is 6.42 Å². The third-order valence-corrected chi connectivity index (χ3v) is 4.77. The number of hydrogen-bond donors (Lipinski definition) is 3. The Kier molecular flexibility index (Phi) is 7.75. The smallest absolute Gasteiger partial charge is 0.134 e. The van der Waals surface area contributed by atoms with Crippen LogP contribution in [0.1, 0.15) is 29.7 Å². The van der Waals surface area contributed by atoms with Crippen LogP contribution < -0.4 is 15.8 Å². The Balaban J connectivity index is 0.00000140. The van der Waals surface area contributed by atoms with Crippen molar-refractivity contribution in [3.8, 4) is 5.75 Å². The lowest BCUT2D eigenvalue weighted by Crippen LogP contribution is -2.34. The van der Waals surface area contributed by atoms with Crippen LogP contribution in [0.4, 0.5) is 0 Å². The Labute approximate surface area is 177 Å². The number of benzene rings is 2. The second-order valence-electron chi connectivity index (χ2n) is 6.77. The standard InChI is InChI=1S/C21H23N3O2.2ClH/c22-21(23)15-3-6-20-16(12-15)13-19(26-20)11-14-1-4-17(5-2-14)25-18-7-9-24-10-8-18;;/h1-6,12-13,18,24H,7-11H2,(H3,22,23);2*1H. The maximum Gasteiger partial charge on any atom is 0.134 e. The molecule has 0 unspecified atom stereocenters. The minimum absolute atomic E-state index is 0. The fourth-order valence-corrected chi connectivity index (χ4v) is 3.35. The zero-order valence-electron chi connectivity index (χ0n) is 15.4. The van der Waals surface area contributed by atoms with Crippen molar-refractivity contribution in [2.75, 3.05) is 13.1 Å². The van der Waals surface area contributed by atoms with Crippen LogP contribution in [-0.4, -0.2) is 25.0 Å². The molecule has 1 aliphatic rings. The van der Waals surface area contributed by atoms with Crippen LogP contribution in [0, 0.1) is 5.41 Å². The van der Waals surface area contributed by atoms with Crippen LogP contribution in [0.3, 0.4) is 0 Å². The van der Waals surface area contributed by atoms with Crippen LogP contribution >= 0.6 is 24.8 Å². The van der Waals surface area contributed by atoms with E-state index in [1.54, 1.807) is 0 Å². The van der Waals surface area contributed by atoms with E-state index < -0.39 is 0 Å². The second kappa shape index (κ2) is 9.82. The van der Waals surface area contributed by atoms with E-state index in [1.807, 2.05) is 36.4 Å². The van der Waals surface area contributed by atoms with Crippen molar-refractivity contribution in [2.24, 2.45) is 5.73 Å². The summed E-state index contributed by atoms with van der Waals surface area (Å²) < 4.78 is 12.0. The predicted octanol–water partition coefficient (Wildman–Crippen LogP) is 4.28. The van der Waals surface area contributed by atoms with Crippen LogP contribution in [0.5, 0.6) is 5.75 Å². The molecule has 0 spiro atoms. The first-order valence-electron chi connectivity index (χ1n) is 9.00. The van der Waals surface area contributed by atoms with Gasteiger partial charge in [0.05, 0.1) is 0 Å². The summed E-state index contributed by atoms with van der Waals surface area (Å²) in [6.45, 7) is 2.06. The van der Waals surface area contributed by atoms with E-state index in [4.69, 9.17) is 20.3 Å². The maximum absolute atomic E-state index is 7.54. The van der Waals surface area contributed by atoms with Crippen molar-refractivity contribution in [3.63, 3.8) is 0 Å². The lowest BCUT2D eigenvalue weighted by atomic mass is 10.1. The van der Waals surface area contributed by atoms with Gasteiger partial charge in [-0.3, -0.25) is 5.41 Å². The molecule has 2 heterocycles. The number of amidine groups is 1. The Hall–Kier alpha value is -2.21. The molecule has 5 nitrogen and oxygen atoms in total. The molecule has 3 aromatic rings. The van der Waals surface area contributed by atoms with Gasteiger partial charge in [-0.05, 0) is 67.9 Å². The number of nitrogens with one attached hydrogen (secondary N) is 2. The van der Waals surface area contributed by atoms with Crippen molar-refractivity contribution in [2.45, 2.75) is 25.4 Å². The molecule has 150 valence electrons. The van der Waals surface area contributed by atoms with Crippen molar-refractivity contribution >= 4 is 41.6 Å². The van der Waals surface area contributed by atoms with Crippen molar-refractivity contribution in [3.05, 3.63) is 65.4 Å². The van der Waals surface area contributed by atoms with Gasteiger partial charge in [0.15, 0.2) is 0 Å². The molecule has 1 aliphatic heterocycles. The predicted molar refractivity (Wildman–Crippen MR) is 117 cm³/mol. The van der Waals surface area contributed by atoms with E-state index in [-0.39, 0.29) is 30.6 Å². The summed E-state index contributed by atoms with van der Waals surface area (Å²) in [6.07, 6.45) is 3.15. The average Bonchev–Trinajstić information content (AvgIpc) is 3.05. The highest BCUT2D eigenvalue weighted by atomic mass is 35.5. The molecule has 7 heteroatoms. The van der Waals surface area contributed by atoms with Gasteiger partial charge in [-0.2, -0.15) is 0 Å². The minimum atomic E-state index is 0. The first-order valence-corrected chi connectivity index (χ1v) is 9.00. The molecule has 1 saturated heterocycles. The summed E-state index contributed by atoms with van der Waals surface area (Å²) in [5.41, 5.74) is 8.26. The fourth-order valence-electron chi connectivity index (χ4n) is 3.35. The lowest BCUT2D eigenvalue weighted by molar-refractivity contribution is 0.162. The Morgan fingerprint density at radius 3 is 2.46 bits per heavy atom. The zero-order chi connectivity index (χ0) is 17.9. The third-order valence-electron chi connectivity index (χ3n) is 4.77. The first kappa shape index (κ1) is 22.1. The number of rotatable bonds is 5. The summed E-state index contributed by atoms with van der Waals surface area (Å²) in [6, 6.07) is 15.8. The number of piperidine rings is 1. The molecule has 0 amide bonds. The molecular weight excluding hydrogens is 397 g/mol. The third kappa shape index (κ3) is 5.19. The van der Waals surface area contributed by atoms with E-state index in [2.05, 4.69) is 17.4 Å². The first-order chi connectivity index (χ1) is 12.7. The van der Waals surface area contributed by atoms with Gasteiger partial charge in [0.2, 0.25) is 0 Å². The highest BCUT2D eigenvalue weighted by Crippen LogP contribution is 2.24. The van der Waals surface area contributed by atoms with E-state index in [0.29, 0.717) is 11.7 Å². The Morgan fingerprint density at radius 2 is 1.79 bits per heavy atom. The molecule has 1 fully saturated rings. The normalized spacial score (nSPS) is 14.1. The number of furan rings is 1. The fraction of sp³-hybridized carbons (Fsp3) is 0.286. The zero-order valence-corrected chi connectivity index (χ0v) is 17.1. The highest BCUT2D eigenvalue weighted by Gasteiger charge is 2.14. The molecule has 4 rings (SSSR count). The molecule has 28 heavy (non-hydrogen) atoms. The van der Waals surface area contributed by atoms with Gasteiger partial charge in [0.1, 0.15) is 29.0 Å². The summed E-state index contributed by atoms with van der Waals surface area (Å²) in [7, 11) is 0. The summed E-state index contributed by atoms with van der Waals surface area (Å²) >= 11 is 0. The highest BCUT2D eigenvalue weighted by molar-refractivity contribution is 5.98. The summed E-state index contributed by atoms with van der Waals surface area (Å²) in [5.74, 6) is 1.89. The molecule has 0 aliphatic carbocycles. The molecule has 0 atom stereocenters. The van der Waals surface area contributed by atoms with E-state index in [0.717, 1.165) is 54.8 Å². The molecule has 0 bridgehead atoms. The van der Waals surface area contributed by atoms with Gasteiger partial charge >= 0.3 is 0 Å². The SMILES string of the molecule is Cl.Cl.N=C(N)c1ccc2oc(Cc3ccc(OC4CCNCC4)cc3)cc2c1. The number of halogens is 2. The molecule has 2 aromatic carbocycles. The lowest BCUT2D eigenvalue weighted by Gasteiger charge is -2.23. The van der Waals surface area contributed by atoms with Gasteiger partial charge in [-0.15, -0.1) is 24.8 Å². The van der Waals surface area contributed by atoms with Gasteiger partial charge in [-0.25, -0.2) is 0 Å². The van der Waals surface area contributed by atoms with Crippen LogP contribution in [0.15, 0.2) is 52.9 Å². The molecule has 1 aromatic heterocycles. The quantitative estimate of drug-likeness (QED) is 0.423. The monoisotopic (exact) mass is 421 g/mol. The number of nitrogens with two attached hydrogens (primary N) is 1. The van der Waals surface area contributed by atoms with E-state index in [9.17, 15) is 0 Å². The van der Waals surface area contributed by atoms with Crippen LogP contribution in [0.2, 0.25) is 0 Å². The molecule has 0 saturated carbocycles. The van der Waals surface area contributed by atoms with Gasteiger partial charge < -0.3 is 20.2 Å². The van der Waals surface area contributed by atoms with E-state index in [1.165, 1.54) is 5.56 Å². The topological polar surface area (TPSA) is 84.3 Å². The molecular formula is C21H25Cl2N3O2. The second-order valence-corrected chi connectivity index (χ2v) is 6.77. The van der Waals surface area contributed by atoms with Crippen molar-refractivity contribution in [1.29, 1.82) is 5.41 Å². The molecule has 4 N–H and O–H groups in total. The van der Waals surface area contributed by atoms with Crippen molar-refractivity contribution < 1.29 is 9.15 Å². The van der Waals surface area contributed by atoms with E-state index >= 15 is 0 Å². The number of nitrogen functional groups attached to an aromatic ring is 1. The van der Waals surface area contributed by atoms with Gasteiger partial charge in [-0.1, -0.05) is 12.1 Å². The van der Waals surface area contributed by atoms with Gasteiger partial charge in [0.25, 0.3) is 0 Å². The van der Waals surface area contributed by atoms with Gasteiger partial charge in [0, 0.05) is 17.4 Å². The largest absolute Gasteiger partial charge is 0.490 e. The van der Waals surface area contributed by atoms with Crippen LogP contribution in [0.25, 0.3) is 11.0 Å². The summed E-state index contributed by atoms with van der Waals surface area (Å²) in [4.78, 5) is 0. The Morgan fingerprint density at radius 1 is 1.07 bits per heavy atom. The number of ether oxygens (including phenoxy) is 1. The number of fused-ring (bicyclic) bond motifs is 1. The number of hydrogen-bond acceptors (Lipinski definition) is 4. The summed E-state index contributed by atoms with van der Waals surface area (Å²) in [5, 5.41) is 11.9. The Bertz CT molecular complexity index is 919. The maximum atomic E-state index is 7.54. The average molecular weight is 422 g/mol.